The van der Waals surface area contributed by atoms with Crippen molar-refractivity contribution in [3.63, 3.8) is 0 Å². The molecule has 0 fully saturated rings. The maximum absolute atomic E-state index is 10.3. The monoisotopic (exact) mass is 325 g/mol. The van der Waals surface area contributed by atoms with E-state index >= 15 is 0 Å². The summed E-state index contributed by atoms with van der Waals surface area (Å²) < 4.78 is 0. The highest BCUT2D eigenvalue weighted by Crippen LogP contribution is 2.13. The quantitative estimate of drug-likeness (QED) is 0.246. The molecule has 0 atom stereocenters. The lowest BCUT2D eigenvalue weighted by Gasteiger charge is -2.03. The lowest BCUT2D eigenvalue weighted by Crippen LogP contribution is -1.97. The molecule has 0 radical (unpaired) electrons. The summed E-state index contributed by atoms with van der Waals surface area (Å²) >= 11 is 0. The number of unbranched alkanes of at least 4 members (excludes halogenated alkanes) is 15. The Kier molecular flexibility index (Phi) is 18.5. The Balaban J connectivity index is 3.01. The summed E-state index contributed by atoms with van der Waals surface area (Å²) in [7, 11) is 0. The molecule has 0 saturated heterocycles. The Labute approximate surface area is 143 Å². The van der Waals surface area contributed by atoms with Gasteiger partial charge in [0.15, 0.2) is 0 Å². The minimum atomic E-state index is -0.836. The number of hydrogen-bond donors (Lipinski definition) is 2. The van der Waals surface area contributed by atoms with Gasteiger partial charge in [-0.25, -0.2) is 4.79 Å². The highest BCUT2D eigenvalue weighted by atomic mass is 16.4. The van der Waals surface area contributed by atoms with Crippen LogP contribution in [0.25, 0.3) is 0 Å². The van der Waals surface area contributed by atoms with Gasteiger partial charge in [-0.2, -0.15) is 0 Å². The van der Waals surface area contributed by atoms with Gasteiger partial charge < -0.3 is 10.8 Å². The molecule has 3 N–H and O–H groups in total. The van der Waals surface area contributed by atoms with Gasteiger partial charge in [-0.1, -0.05) is 89.5 Å². The zero-order valence-electron chi connectivity index (χ0n) is 15.1. The number of nitrogens with two attached hydrogens (primary N) is 1. The molecule has 0 heterocycles. The molecule has 0 aromatic heterocycles. The van der Waals surface area contributed by atoms with Crippen molar-refractivity contribution in [2.45, 2.75) is 103 Å². The third kappa shape index (κ3) is 21.2. The lowest BCUT2D eigenvalue weighted by atomic mass is 10.0. The van der Waals surface area contributed by atoms with Crippen molar-refractivity contribution >= 4 is 5.97 Å². The van der Waals surface area contributed by atoms with E-state index < -0.39 is 5.97 Å². The van der Waals surface area contributed by atoms with E-state index in [0.29, 0.717) is 0 Å². The molecule has 0 aliphatic carbocycles. The number of allylic oxidation sites excluding steroid dienone is 1. The molecule has 3 heteroatoms. The molecule has 0 amide bonds. The Morgan fingerprint density at radius 3 is 1.35 bits per heavy atom. The molecular weight excluding hydrogens is 286 g/mol. The molecule has 0 bridgehead atoms. The topological polar surface area (TPSA) is 63.3 Å². The van der Waals surface area contributed by atoms with Crippen LogP contribution in [0.3, 0.4) is 0 Å². The van der Waals surface area contributed by atoms with E-state index in [1.54, 1.807) is 6.08 Å². The Hall–Kier alpha value is -0.830. The van der Waals surface area contributed by atoms with E-state index in [4.69, 9.17) is 10.8 Å². The molecule has 0 aromatic carbocycles. The van der Waals surface area contributed by atoms with Crippen molar-refractivity contribution in [2.24, 2.45) is 5.73 Å². The normalized spacial score (nSPS) is 11.3. The number of carboxylic acid groups (broad SMARTS) is 1. The number of rotatable bonds is 18. The van der Waals surface area contributed by atoms with E-state index in [1.807, 2.05) is 0 Å². The largest absolute Gasteiger partial charge is 0.478 e. The van der Waals surface area contributed by atoms with E-state index in [9.17, 15) is 4.79 Å². The standard InChI is InChI=1S/C20H39NO2/c21-19-17-15-13-11-9-7-5-3-1-2-4-6-8-10-12-14-16-18-20(22)23/h16,18H,1-15,17,19,21H2,(H,22,23). The summed E-state index contributed by atoms with van der Waals surface area (Å²) in [5, 5.41) is 8.46. The molecule has 0 aliphatic rings. The molecule has 0 aliphatic heterocycles. The van der Waals surface area contributed by atoms with Crippen molar-refractivity contribution in [1.29, 1.82) is 0 Å². The predicted octanol–water partition coefficient (Wildman–Crippen LogP) is 5.83. The van der Waals surface area contributed by atoms with Crippen molar-refractivity contribution in [3.05, 3.63) is 12.2 Å². The van der Waals surface area contributed by atoms with Crippen molar-refractivity contribution in [2.75, 3.05) is 6.54 Å². The van der Waals surface area contributed by atoms with Crippen molar-refractivity contribution in [3.8, 4) is 0 Å². The molecule has 0 rings (SSSR count). The third-order valence-corrected chi connectivity index (χ3v) is 4.34. The zero-order chi connectivity index (χ0) is 17.0. The van der Waals surface area contributed by atoms with Gasteiger partial charge in [0.1, 0.15) is 0 Å². The summed E-state index contributed by atoms with van der Waals surface area (Å²) in [5.74, 6) is -0.836. The van der Waals surface area contributed by atoms with Gasteiger partial charge in [0.2, 0.25) is 0 Å². The fourth-order valence-corrected chi connectivity index (χ4v) is 2.89. The van der Waals surface area contributed by atoms with E-state index in [1.165, 1.54) is 96.0 Å². The molecule has 136 valence electrons. The van der Waals surface area contributed by atoms with Crippen molar-refractivity contribution in [1.82, 2.24) is 0 Å². The van der Waals surface area contributed by atoms with Crippen LogP contribution in [0, 0.1) is 0 Å². The maximum Gasteiger partial charge on any atom is 0.327 e. The van der Waals surface area contributed by atoms with Crippen LogP contribution in [-0.2, 0) is 4.79 Å². The summed E-state index contributed by atoms with van der Waals surface area (Å²) in [5.41, 5.74) is 5.48. The third-order valence-electron chi connectivity index (χ3n) is 4.34. The van der Waals surface area contributed by atoms with Crippen LogP contribution in [0.2, 0.25) is 0 Å². The maximum atomic E-state index is 10.3. The number of carbonyl (C=O) groups is 1. The Morgan fingerprint density at radius 2 is 1.00 bits per heavy atom. The van der Waals surface area contributed by atoms with Crippen LogP contribution in [0.1, 0.15) is 103 Å². The van der Waals surface area contributed by atoms with Crippen LogP contribution in [-0.4, -0.2) is 17.6 Å². The van der Waals surface area contributed by atoms with Gasteiger partial charge in [-0.15, -0.1) is 0 Å². The lowest BCUT2D eigenvalue weighted by molar-refractivity contribution is -0.131. The number of carboxylic acids is 1. The second-order valence-corrected chi connectivity index (χ2v) is 6.62. The SMILES string of the molecule is NCCCCCCCCCCCCCCCCCC=CC(=O)O. The first kappa shape index (κ1) is 22.2. The van der Waals surface area contributed by atoms with Gasteiger partial charge in [-0.05, 0) is 25.8 Å². The molecule has 23 heavy (non-hydrogen) atoms. The summed E-state index contributed by atoms with van der Waals surface area (Å²) in [6, 6.07) is 0. The minimum Gasteiger partial charge on any atom is -0.478 e. The first-order valence-electron chi connectivity index (χ1n) is 9.87. The molecule has 0 aromatic rings. The predicted molar refractivity (Wildman–Crippen MR) is 99.7 cm³/mol. The van der Waals surface area contributed by atoms with Gasteiger partial charge in [0.05, 0.1) is 0 Å². The van der Waals surface area contributed by atoms with Crippen LogP contribution >= 0.6 is 0 Å². The zero-order valence-corrected chi connectivity index (χ0v) is 15.1. The van der Waals surface area contributed by atoms with E-state index in [0.717, 1.165) is 19.4 Å². The summed E-state index contributed by atoms with van der Waals surface area (Å²) in [6.07, 6.45) is 23.9. The van der Waals surface area contributed by atoms with Crippen LogP contribution in [0.15, 0.2) is 12.2 Å². The molecule has 0 spiro atoms. The molecular formula is C20H39NO2. The summed E-state index contributed by atoms with van der Waals surface area (Å²) in [6.45, 7) is 0.849. The molecule has 0 saturated carbocycles. The molecule has 0 unspecified atom stereocenters. The van der Waals surface area contributed by atoms with Crippen LogP contribution in [0.5, 0.6) is 0 Å². The fraction of sp³-hybridized carbons (Fsp3) is 0.850. The van der Waals surface area contributed by atoms with Gasteiger partial charge in [0.25, 0.3) is 0 Å². The van der Waals surface area contributed by atoms with Crippen molar-refractivity contribution < 1.29 is 9.90 Å². The number of aliphatic carboxylic acids is 1. The Morgan fingerprint density at radius 1 is 0.652 bits per heavy atom. The van der Waals surface area contributed by atoms with Gasteiger partial charge in [-0.3, -0.25) is 0 Å². The average Bonchev–Trinajstić information content (AvgIpc) is 2.53. The minimum absolute atomic E-state index is 0.836. The smallest absolute Gasteiger partial charge is 0.327 e. The summed E-state index contributed by atoms with van der Waals surface area (Å²) in [4.78, 5) is 10.3. The first-order chi connectivity index (χ1) is 11.3. The van der Waals surface area contributed by atoms with Crippen LogP contribution < -0.4 is 5.73 Å². The molecule has 3 nitrogen and oxygen atoms in total. The second kappa shape index (κ2) is 19.2. The number of hydrogen-bond acceptors (Lipinski definition) is 2. The van der Waals surface area contributed by atoms with Gasteiger partial charge >= 0.3 is 5.97 Å². The van der Waals surface area contributed by atoms with Crippen LogP contribution in [0.4, 0.5) is 0 Å². The second-order valence-electron chi connectivity index (χ2n) is 6.62. The first-order valence-corrected chi connectivity index (χ1v) is 9.87. The van der Waals surface area contributed by atoms with E-state index in [-0.39, 0.29) is 0 Å². The van der Waals surface area contributed by atoms with E-state index in [2.05, 4.69) is 0 Å². The fourth-order valence-electron chi connectivity index (χ4n) is 2.89. The average molecular weight is 326 g/mol. The Bertz CT molecular complexity index is 277. The highest BCUT2D eigenvalue weighted by Gasteiger charge is 1.94. The van der Waals surface area contributed by atoms with Gasteiger partial charge in [0, 0.05) is 6.08 Å². The highest BCUT2D eigenvalue weighted by molar-refractivity contribution is 5.79.